The zero-order valence-corrected chi connectivity index (χ0v) is 10.3. The summed E-state index contributed by atoms with van der Waals surface area (Å²) in [5, 5.41) is 22.3. The number of carbonyl (C=O) groups excluding carboxylic acids is 1. The number of nitro groups is 1. The first kappa shape index (κ1) is 14.7. The van der Waals surface area contributed by atoms with Crippen LogP contribution in [0.3, 0.4) is 0 Å². The molecule has 0 aliphatic carbocycles. The highest BCUT2D eigenvalue weighted by Crippen LogP contribution is 2.25. The van der Waals surface area contributed by atoms with Gasteiger partial charge in [-0.3, -0.25) is 10.1 Å². The molecule has 7 nitrogen and oxygen atoms in total. The van der Waals surface area contributed by atoms with Gasteiger partial charge >= 0.3 is 5.97 Å². The Morgan fingerprint density at radius 2 is 2.32 bits per heavy atom. The first-order valence-electron chi connectivity index (χ1n) is 5.47. The van der Waals surface area contributed by atoms with Crippen LogP contribution in [0.4, 0.5) is 11.4 Å². The first-order chi connectivity index (χ1) is 9.08. The Balaban J connectivity index is 2.98. The maximum absolute atomic E-state index is 10.9. The summed E-state index contributed by atoms with van der Waals surface area (Å²) in [6.07, 6.45) is 2.61. The number of benzene rings is 1. The average Bonchev–Trinajstić information content (AvgIpc) is 2.42. The van der Waals surface area contributed by atoms with Crippen molar-refractivity contribution >= 4 is 23.4 Å². The van der Waals surface area contributed by atoms with E-state index in [4.69, 9.17) is 5.11 Å². The van der Waals surface area contributed by atoms with Gasteiger partial charge in [0, 0.05) is 18.7 Å². The van der Waals surface area contributed by atoms with Crippen LogP contribution in [0.25, 0.3) is 6.08 Å². The number of hydrogen-bond donors (Lipinski definition) is 2. The molecule has 0 aliphatic heterocycles. The van der Waals surface area contributed by atoms with Gasteiger partial charge in [-0.1, -0.05) is 6.07 Å². The maximum Gasteiger partial charge on any atom is 0.330 e. The predicted octanol–water partition coefficient (Wildman–Crippen LogP) is 1.19. The Morgan fingerprint density at radius 3 is 2.89 bits per heavy atom. The summed E-state index contributed by atoms with van der Waals surface area (Å²) in [4.78, 5) is 21.3. The Morgan fingerprint density at radius 1 is 1.58 bits per heavy atom. The molecule has 0 saturated heterocycles. The molecule has 1 rings (SSSR count). The van der Waals surface area contributed by atoms with Crippen LogP contribution in [0, 0.1) is 10.1 Å². The fourth-order valence-corrected chi connectivity index (χ4v) is 1.38. The summed E-state index contributed by atoms with van der Waals surface area (Å²) in [6.45, 7) is 0.0966. The van der Waals surface area contributed by atoms with E-state index >= 15 is 0 Å². The van der Waals surface area contributed by atoms with Crippen LogP contribution in [0.15, 0.2) is 24.3 Å². The Labute approximate surface area is 109 Å². The first-order valence-corrected chi connectivity index (χ1v) is 5.47. The van der Waals surface area contributed by atoms with Crippen LogP contribution >= 0.6 is 0 Å². The normalized spacial score (nSPS) is 10.4. The van der Waals surface area contributed by atoms with Crippen LogP contribution in [0.2, 0.25) is 0 Å². The number of anilines is 1. The second-order valence-electron chi connectivity index (χ2n) is 3.54. The van der Waals surface area contributed by atoms with Gasteiger partial charge in [-0.05, 0) is 17.7 Å². The number of carbonyl (C=O) groups is 1. The Hall–Kier alpha value is -2.41. The lowest BCUT2D eigenvalue weighted by Crippen LogP contribution is -2.07. The molecule has 0 heterocycles. The van der Waals surface area contributed by atoms with Crippen molar-refractivity contribution in [2.75, 3.05) is 25.6 Å². The zero-order chi connectivity index (χ0) is 14.3. The van der Waals surface area contributed by atoms with Crippen molar-refractivity contribution in [3.05, 3.63) is 40.0 Å². The molecule has 102 valence electrons. The second kappa shape index (κ2) is 7.12. The number of esters is 1. The average molecular weight is 266 g/mol. The van der Waals surface area contributed by atoms with Gasteiger partial charge in [-0.25, -0.2) is 4.79 Å². The van der Waals surface area contributed by atoms with Crippen molar-refractivity contribution in [3.8, 4) is 0 Å². The molecule has 2 N–H and O–H groups in total. The monoisotopic (exact) mass is 266 g/mol. The van der Waals surface area contributed by atoms with E-state index < -0.39 is 10.9 Å². The topological polar surface area (TPSA) is 102 Å². The van der Waals surface area contributed by atoms with Crippen molar-refractivity contribution in [1.82, 2.24) is 0 Å². The molecule has 0 saturated carbocycles. The molecule has 1 aromatic carbocycles. The van der Waals surface area contributed by atoms with Crippen molar-refractivity contribution in [1.29, 1.82) is 0 Å². The fourth-order valence-electron chi connectivity index (χ4n) is 1.38. The van der Waals surface area contributed by atoms with Crippen LogP contribution < -0.4 is 5.32 Å². The molecule has 1 aromatic rings. The molecule has 0 fully saturated rings. The van der Waals surface area contributed by atoms with Crippen LogP contribution in [0.1, 0.15) is 5.56 Å². The van der Waals surface area contributed by atoms with E-state index in [0.717, 1.165) is 0 Å². The number of hydrogen-bond acceptors (Lipinski definition) is 6. The van der Waals surface area contributed by atoms with Crippen molar-refractivity contribution in [3.63, 3.8) is 0 Å². The number of methoxy groups -OCH3 is 1. The van der Waals surface area contributed by atoms with Gasteiger partial charge in [0.2, 0.25) is 0 Å². The van der Waals surface area contributed by atoms with E-state index in [0.29, 0.717) is 11.3 Å². The molecular formula is C12H14N2O5. The summed E-state index contributed by atoms with van der Waals surface area (Å²) in [7, 11) is 1.25. The van der Waals surface area contributed by atoms with Crippen molar-refractivity contribution in [2.24, 2.45) is 0 Å². The van der Waals surface area contributed by atoms with Gasteiger partial charge in [0.25, 0.3) is 5.69 Å². The molecule has 0 radical (unpaired) electrons. The number of ether oxygens (including phenoxy) is 1. The standard InChI is InChI=1S/C12H14N2O5/c1-19-12(16)5-3-9-2-4-10(13-6-7-15)11(8-9)14(17)18/h2-5,8,13,15H,6-7H2,1H3/b5-3+. The smallest absolute Gasteiger partial charge is 0.330 e. The quantitative estimate of drug-likeness (QED) is 0.347. The molecular weight excluding hydrogens is 252 g/mol. The van der Waals surface area contributed by atoms with Gasteiger partial charge in [-0.15, -0.1) is 0 Å². The molecule has 0 aromatic heterocycles. The molecule has 19 heavy (non-hydrogen) atoms. The number of rotatable bonds is 6. The molecule has 0 bridgehead atoms. The number of nitrogens with zero attached hydrogens (tertiary/aromatic N) is 1. The van der Waals surface area contributed by atoms with Crippen LogP contribution in [0.5, 0.6) is 0 Å². The number of aliphatic hydroxyl groups is 1. The van der Waals surface area contributed by atoms with E-state index in [1.165, 1.54) is 31.4 Å². The van der Waals surface area contributed by atoms with Crippen molar-refractivity contribution in [2.45, 2.75) is 0 Å². The fraction of sp³-hybridized carbons (Fsp3) is 0.250. The van der Waals surface area contributed by atoms with Crippen LogP contribution in [-0.2, 0) is 9.53 Å². The van der Waals surface area contributed by atoms with E-state index in [9.17, 15) is 14.9 Å². The molecule has 0 amide bonds. The Kier molecular flexibility index (Phi) is 5.49. The SMILES string of the molecule is COC(=O)/C=C/c1ccc(NCCO)c([N+](=O)[O-])c1. The highest BCUT2D eigenvalue weighted by molar-refractivity contribution is 5.87. The summed E-state index contributed by atoms with van der Waals surface area (Å²) in [5.41, 5.74) is 0.696. The minimum atomic E-state index is -0.537. The summed E-state index contributed by atoms with van der Waals surface area (Å²) >= 11 is 0. The van der Waals surface area contributed by atoms with E-state index in [1.54, 1.807) is 6.07 Å². The third-order valence-corrected chi connectivity index (χ3v) is 2.26. The molecule has 0 aliphatic rings. The van der Waals surface area contributed by atoms with Crippen LogP contribution in [-0.4, -0.2) is 36.3 Å². The van der Waals surface area contributed by atoms with E-state index in [1.807, 2.05) is 0 Å². The number of nitrogens with one attached hydrogen (secondary N) is 1. The van der Waals surface area contributed by atoms with Gasteiger partial charge < -0.3 is 15.2 Å². The number of aliphatic hydroxyl groups excluding tert-OH is 1. The number of nitro benzene ring substituents is 1. The summed E-state index contributed by atoms with van der Waals surface area (Å²) < 4.78 is 4.43. The van der Waals surface area contributed by atoms with Gasteiger partial charge in [-0.2, -0.15) is 0 Å². The highest BCUT2D eigenvalue weighted by atomic mass is 16.6. The van der Waals surface area contributed by atoms with E-state index in [-0.39, 0.29) is 18.8 Å². The maximum atomic E-state index is 10.9. The molecule has 7 heteroatoms. The van der Waals surface area contributed by atoms with Gasteiger partial charge in [0.05, 0.1) is 18.6 Å². The van der Waals surface area contributed by atoms with Crippen molar-refractivity contribution < 1.29 is 19.6 Å². The Bertz CT molecular complexity index is 499. The molecule has 0 atom stereocenters. The minimum Gasteiger partial charge on any atom is -0.466 e. The van der Waals surface area contributed by atoms with Gasteiger partial charge in [0.1, 0.15) is 5.69 Å². The lowest BCUT2D eigenvalue weighted by molar-refractivity contribution is -0.384. The highest BCUT2D eigenvalue weighted by Gasteiger charge is 2.13. The summed E-state index contributed by atoms with van der Waals surface area (Å²) in [5.74, 6) is -0.537. The molecule has 0 spiro atoms. The zero-order valence-electron chi connectivity index (χ0n) is 10.3. The predicted molar refractivity (Wildman–Crippen MR) is 69.7 cm³/mol. The lowest BCUT2D eigenvalue weighted by Gasteiger charge is -2.05. The minimum absolute atomic E-state index is 0.124. The second-order valence-corrected chi connectivity index (χ2v) is 3.54. The molecule has 0 unspecified atom stereocenters. The van der Waals surface area contributed by atoms with E-state index in [2.05, 4.69) is 10.1 Å². The third kappa shape index (κ3) is 4.40. The van der Waals surface area contributed by atoms with Gasteiger partial charge in [0.15, 0.2) is 0 Å². The largest absolute Gasteiger partial charge is 0.466 e. The lowest BCUT2D eigenvalue weighted by atomic mass is 10.1. The third-order valence-electron chi connectivity index (χ3n) is 2.26. The summed E-state index contributed by atoms with van der Waals surface area (Å²) in [6, 6.07) is 4.47.